The number of anilines is 1. The first-order valence-corrected chi connectivity index (χ1v) is 8.19. The molecule has 140 valence electrons. The van der Waals surface area contributed by atoms with E-state index in [1.165, 1.54) is 18.2 Å². The van der Waals surface area contributed by atoms with Crippen molar-refractivity contribution in [3.05, 3.63) is 64.9 Å². The van der Waals surface area contributed by atoms with Gasteiger partial charge in [-0.1, -0.05) is 35.9 Å². The van der Waals surface area contributed by atoms with E-state index in [-0.39, 0.29) is 36.4 Å². The number of carbonyl (C=O) groups is 1. The lowest BCUT2D eigenvalue weighted by Gasteiger charge is -2.12. The molecule has 0 radical (unpaired) electrons. The van der Waals surface area contributed by atoms with Gasteiger partial charge in [0.15, 0.2) is 5.96 Å². The molecule has 8 heteroatoms. The fraction of sp³-hybridized carbons (Fsp3) is 0.222. The molecule has 0 aliphatic carbocycles. The van der Waals surface area contributed by atoms with E-state index in [9.17, 15) is 9.18 Å². The van der Waals surface area contributed by atoms with Gasteiger partial charge >= 0.3 is 0 Å². The van der Waals surface area contributed by atoms with E-state index in [0.717, 1.165) is 17.0 Å². The summed E-state index contributed by atoms with van der Waals surface area (Å²) >= 11 is 6.11. The van der Waals surface area contributed by atoms with Gasteiger partial charge in [-0.2, -0.15) is 0 Å². The van der Waals surface area contributed by atoms with E-state index < -0.39 is 5.82 Å². The molecular weight excluding hydrogens is 470 g/mol. The summed E-state index contributed by atoms with van der Waals surface area (Å²) in [6.45, 7) is 0.636. The molecule has 0 unspecified atom stereocenters. The highest BCUT2D eigenvalue weighted by Gasteiger charge is 2.05. The lowest BCUT2D eigenvalue weighted by atomic mass is 10.1. The number of amides is 1. The fourth-order valence-electron chi connectivity index (χ4n) is 2.17. The molecule has 2 aromatic carbocycles. The second-order valence-corrected chi connectivity index (χ2v) is 5.66. The van der Waals surface area contributed by atoms with Crippen molar-refractivity contribution in [3.63, 3.8) is 0 Å². The van der Waals surface area contributed by atoms with Crippen molar-refractivity contribution in [1.82, 2.24) is 10.6 Å². The molecule has 2 aromatic rings. The molecule has 0 bridgehead atoms. The van der Waals surface area contributed by atoms with E-state index in [2.05, 4.69) is 20.9 Å². The summed E-state index contributed by atoms with van der Waals surface area (Å²) in [7, 11) is 1.62. The zero-order valence-electron chi connectivity index (χ0n) is 14.3. The maximum absolute atomic E-state index is 13.1. The van der Waals surface area contributed by atoms with Crippen LogP contribution in [0.5, 0.6) is 0 Å². The maximum atomic E-state index is 13.1. The van der Waals surface area contributed by atoms with Gasteiger partial charge in [0.1, 0.15) is 5.82 Å². The topological polar surface area (TPSA) is 65.5 Å². The van der Waals surface area contributed by atoms with Crippen LogP contribution in [0.4, 0.5) is 10.1 Å². The van der Waals surface area contributed by atoms with Gasteiger partial charge in [0, 0.05) is 24.3 Å². The number of nitrogens with zero attached hydrogens (tertiary/aromatic N) is 1. The Kier molecular flexibility index (Phi) is 9.97. The summed E-state index contributed by atoms with van der Waals surface area (Å²) in [6.07, 6.45) is 0.732. The molecule has 0 saturated carbocycles. The van der Waals surface area contributed by atoms with Crippen LogP contribution in [0.3, 0.4) is 0 Å². The molecule has 0 saturated heterocycles. The van der Waals surface area contributed by atoms with E-state index in [4.69, 9.17) is 11.6 Å². The summed E-state index contributed by atoms with van der Waals surface area (Å²) in [4.78, 5) is 15.9. The van der Waals surface area contributed by atoms with Crippen LogP contribution in [0.2, 0.25) is 5.02 Å². The van der Waals surface area contributed by atoms with Gasteiger partial charge in [-0.15, -0.1) is 24.0 Å². The Balaban J connectivity index is 0.00000338. The number of carbonyl (C=O) groups excluding carboxylic acids is 1. The molecule has 0 aliphatic heterocycles. The Morgan fingerprint density at radius 1 is 1.15 bits per heavy atom. The van der Waals surface area contributed by atoms with E-state index in [1.54, 1.807) is 13.1 Å². The van der Waals surface area contributed by atoms with Crippen LogP contribution in [0.1, 0.15) is 5.56 Å². The molecule has 26 heavy (non-hydrogen) atoms. The second-order valence-electron chi connectivity index (χ2n) is 5.25. The lowest BCUT2D eigenvalue weighted by Crippen LogP contribution is -2.42. The normalized spacial score (nSPS) is 10.7. The molecule has 0 aromatic heterocycles. The number of hydrogen-bond donors (Lipinski definition) is 3. The van der Waals surface area contributed by atoms with Crippen LogP contribution in [-0.4, -0.2) is 32.0 Å². The maximum Gasteiger partial charge on any atom is 0.243 e. The first-order valence-electron chi connectivity index (χ1n) is 7.82. The molecule has 5 nitrogen and oxygen atoms in total. The lowest BCUT2D eigenvalue weighted by molar-refractivity contribution is -0.115. The SMILES string of the molecule is CN=C(NCCc1ccccc1Cl)NCC(=O)Nc1cccc(F)c1.I. The number of hydrogen-bond acceptors (Lipinski definition) is 2. The van der Waals surface area contributed by atoms with Gasteiger partial charge in [-0.3, -0.25) is 9.79 Å². The van der Waals surface area contributed by atoms with Crippen molar-refractivity contribution in [2.75, 3.05) is 25.5 Å². The van der Waals surface area contributed by atoms with Crippen LogP contribution in [0, 0.1) is 5.82 Å². The van der Waals surface area contributed by atoms with Crippen molar-refractivity contribution >= 4 is 53.1 Å². The minimum Gasteiger partial charge on any atom is -0.356 e. The number of benzene rings is 2. The quantitative estimate of drug-likeness (QED) is 0.330. The van der Waals surface area contributed by atoms with Crippen molar-refractivity contribution < 1.29 is 9.18 Å². The molecule has 2 rings (SSSR count). The fourth-order valence-corrected chi connectivity index (χ4v) is 2.40. The zero-order valence-corrected chi connectivity index (χ0v) is 17.3. The number of halogens is 3. The number of rotatable bonds is 6. The Labute approximate surface area is 174 Å². The highest BCUT2D eigenvalue weighted by molar-refractivity contribution is 14.0. The second kappa shape index (κ2) is 11.7. The first kappa shape index (κ1) is 22.2. The van der Waals surface area contributed by atoms with Gasteiger partial charge in [0.25, 0.3) is 0 Å². The average molecular weight is 491 g/mol. The average Bonchev–Trinajstić information content (AvgIpc) is 2.59. The van der Waals surface area contributed by atoms with Gasteiger partial charge in [-0.05, 0) is 36.2 Å². The zero-order chi connectivity index (χ0) is 18.1. The largest absolute Gasteiger partial charge is 0.356 e. The third kappa shape index (κ3) is 7.57. The number of aliphatic imine (C=N–C) groups is 1. The minimum absolute atomic E-state index is 0. The molecule has 1 amide bonds. The van der Waals surface area contributed by atoms with Gasteiger partial charge in [-0.25, -0.2) is 4.39 Å². The van der Waals surface area contributed by atoms with Crippen molar-refractivity contribution in [2.24, 2.45) is 4.99 Å². The minimum atomic E-state index is -0.400. The Morgan fingerprint density at radius 3 is 2.62 bits per heavy atom. The Morgan fingerprint density at radius 2 is 1.92 bits per heavy atom. The molecule has 0 spiro atoms. The molecule has 3 N–H and O–H groups in total. The highest BCUT2D eigenvalue weighted by atomic mass is 127. The summed E-state index contributed by atoms with van der Waals surface area (Å²) in [5, 5.41) is 9.35. The van der Waals surface area contributed by atoms with Crippen LogP contribution in [0.15, 0.2) is 53.5 Å². The molecule has 0 heterocycles. The standard InChI is InChI=1S/C18H20ClFN4O.HI/c1-21-18(22-10-9-13-5-2-3-8-16(13)19)23-12-17(25)24-15-7-4-6-14(20)11-15;/h2-8,11H,9-10,12H2,1H3,(H,24,25)(H2,21,22,23);1H. The van der Waals surface area contributed by atoms with Crippen LogP contribution >= 0.6 is 35.6 Å². The van der Waals surface area contributed by atoms with Gasteiger partial charge in [0.2, 0.25) is 5.91 Å². The van der Waals surface area contributed by atoms with Crippen molar-refractivity contribution in [2.45, 2.75) is 6.42 Å². The third-order valence-electron chi connectivity index (χ3n) is 3.39. The summed E-state index contributed by atoms with van der Waals surface area (Å²) in [6, 6.07) is 13.4. The van der Waals surface area contributed by atoms with Crippen LogP contribution in [0.25, 0.3) is 0 Å². The molecular formula is C18H21ClFIN4O. The molecule has 0 fully saturated rings. The predicted octanol–water partition coefficient (Wildman–Crippen LogP) is 3.44. The van der Waals surface area contributed by atoms with Crippen molar-refractivity contribution in [1.29, 1.82) is 0 Å². The predicted molar refractivity (Wildman–Crippen MR) is 115 cm³/mol. The summed E-state index contributed by atoms with van der Waals surface area (Å²) < 4.78 is 13.1. The van der Waals surface area contributed by atoms with Crippen LogP contribution < -0.4 is 16.0 Å². The number of nitrogens with one attached hydrogen (secondary N) is 3. The highest BCUT2D eigenvalue weighted by Crippen LogP contribution is 2.14. The van der Waals surface area contributed by atoms with E-state index in [0.29, 0.717) is 18.2 Å². The van der Waals surface area contributed by atoms with E-state index >= 15 is 0 Å². The third-order valence-corrected chi connectivity index (χ3v) is 3.76. The van der Waals surface area contributed by atoms with E-state index in [1.807, 2.05) is 24.3 Å². The first-order chi connectivity index (χ1) is 12.1. The van der Waals surface area contributed by atoms with Crippen molar-refractivity contribution in [3.8, 4) is 0 Å². The Bertz CT molecular complexity index is 757. The molecule has 0 aliphatic rings. The summed E-state index contributed by atoms with van der Waals surface area (Å²) in [5.74, 6) is -0.191. The van der Waals surface area contributed by atoms with Gasteiger partial charge in [0.05, 0.1) is 6.54 Å². The number of guanidine groups is 1. The summed E-state index contributed by atoms with van der Waals surface area (Å²) in [5.41, 5.74) is 1.45. The Hall–Kier alpha value is -1.87. The van der Waals surface area contributed by atoms with Gasteiger partial charge < -0.3 is 16.0 Å². The van der Waals surface area contributed by atoms with Crippen LogP contribution in [-0.2, 0) is 11.2 Å². The molecule has 0 atom stereocenters. The monoisotopic (exact) mass is 490 g/mol. The smallest absolute Gasteiger partial charge is 0.243 e.